The highest BCUT2D eigenvalue weighted by atomic mass is 79.9. The molecule has 30 heavy (non-hydrogen) atoms. The Balaban J connectivity index is 1.87. The molecule has 0 radical (unpaired) electrons. The van der Waals surface area contributed by atoms with Gasteiger partial charge in [-0.3, -0.25) is 4.79 Å². The Morgan fingerprint density at radius 1 is 1.33 bits per heavy atom. The Kier molecular flexibility index (Phi) is 8.52. The second-order valence-electron chi connectivity index (χ2n) is 8.52. The number of hydrogen-bond donors (Lipinski definition) is 1. The van der Waals surface area contributed by atoms with Crippen molar-refractivity contribution in [1.29, 1.82) is 0 Å². The number of nitrogens with one attached hydrogen (secondary N) is 1. The molecule has 3 nitrogen and oxygen atoms in total. The van der Waals surface area contributed by atoms with Crippen molar-refractivity contribution in [2.24, 2.45) is 11.8 Å². The van der Waals surface area contributed by atoms with Crippen molar-refractivity contribution in [1.82, 2.24) is 10.2 Å². The summed E-state index contributed by atoms with van der Waals surface area (Å²) in [5.41, 5.74) is 2.39. The molecule has 1 aromatic carbocycles. The molecule has 4 atom stereocenters. The molecule has 0 aromatic heterocycles. The molecule has 1 amide bonds. The van der Waals surface area contributed by atoms with Crippen molar-refractivity contribution in [3.63, 3.8) is 0 Å². The molecule has 3 rings (SSSR count). The van der Waals surface area contributed by atoms with Gasteiger partial charge in [-0.05, 0) is 42.9 Å². The highest BCUT2D eigenvalue weighted by Gasteiger charge is 2.41. The first-order valence-corrected chi connectivity index (χ1v) is 12.1. The van der Waals surface area contributed by atoms with E-state index in [9.17, 15) is 4.79 Å². The lowest BCUT2D eigenvalue weighted by Crippen LogP contribution is -2.50. The Bertz CT molecular complexity index is 800. The molecule has 1 N–H and O–H groups in total. The lowest BCUT2D eigenvalue weighted by molar-refractivity contribution is -0.138. The van der Waals surface area contributed by atoms with Gasteiger partial charge >= 0.3 is 0 Å². The van der Waals surface area contributed by atoms with E-state index >= 15 is 0 Å². The van der Waals surface area contributed by atoms with E-state index < -0.39 is 0 Å². The molecule has 162 valence electrons. The van der Waals surface area contributed by atoms with Crippen LogP contribution in [0.2, 0.25) is 0 Å². The number of likely N-dealkylation sites (tertiary alicyclic amines) is 1. The van der Waals surface area contributed by atoms with E-state index in [4.69, 9.17) is 0 Å². The minimum Gasteiger partial charge on any atom is -0.335 e. The number of carbonyl (C=O) groups is 1. The van der Waals surface area contributed by atoms with Crippen LogP contribution in [0.5, 0.6) is 0 Å². The maximum absolute atomic E-state index is 13.9. The summed E-state index contributed by atoms with van der Waals surface area (Å²) >= 11 is 3.70. The number of rotatable bonds is 7. The van der Waals surface area contributed by atoms with Crippen LogP contribution in [0.1, 0.15) is 51.0 Å². The minimum absolute atomic E-state index is 0.0262. The number of benzene rings is 1. The molecule has 2 fully saturated rings. The van der Waals surface area contributed by atoms with Crippen molar-refractivity contribution in [2.45, 2.75) is 51.5 Å². The van der Waals surface area contributed by atoms with Crippen LogP contribution >= 0.6 is 15.9 Å². The monoisotopic (exact) mass is 470 g/mol. The second-order valence-corrected chi connectivity index (χ2v) is 9.37. The van der Waals surface area contributed by atoms with E-state index in [1.807, 2.05) is 25.1 Å². The van der Waals surface area contributed by atoms with E-state index in [0.29, 0.717) is 5.92 Å². The number of hydrogen-bond acceptors (Lipinski definition) is 2. The zero-order chi connectivity index (χ0) is 21.5. The predicted molar refractivity (Wildman–Crippen MR) is 129 cm³/mol. The Labute approximate surface area is 190 Å². The summed E-state index contributed by atoms with van der Waals surface area (Å²) in [5, 5.41) is 3.48. The summed E-state index contributed by atoms with van der Waals surface area (Å²) in [7, 11) is 0. The fourth-order valence-electron chi connectivity index (χ4n) is 5.06. The van der Waals surface area contributed by atoms with E-state index in [1.165, 1.54) is 18.4 Å². The number of carbonyl (C=O) groups excluding carboxylic acids is 1. The third kappa shape index (κ3) is 5.15. The summed E-state index contributed by atoms with van der Waals surface area (Å²) < 4.78 is 1.09. The molecule has 2 aliphatic rings. The zero-order valence-electron chi connectivity index (χ0n) is 18.3. The van der Waals surface area contributed by atoms with Crippen molar-refractivity contribution in [3.05, 3.63) is 70.8 Å². The molecule has 0 spiro atoms. The molecule has 2 unspecified atom stereocenters. The molecule has 1 aromatic rings. The molecule has 4 heteroatoms. The quantitative estimate of drug-likeness (QED) is 0.506. The van der Waals surface area contributed by atoms with Gasteiger partial charge in [0.2, 0.25) is 5.91 Å². The van der Waals surface area contributed by atoms with Crippen LogP contribution in [0, 0.1) is 11.8 Å². The van der Waals surface area contributed by atoms with Crippen LogP contribution in [0.3, 0.4) is 0 Å². The maximum atomic E-state index is 13.9. The van der Waals surface area contributed by atoms with Gasteiger partial charge in [0.1, 0.15) is 0 Å². The van der Waals surface area contributed by atoms with E-state index in [0.717, 1.165) is 42.5 Å². The number of allylic oxidation sites excluding steroid dienone is 3. The van der Waals surface area contributed by atoms with Gasteiger partial charge in [0.05, 0.1) is 12.0 Å². The first-order valence-electron chi connectivity index (χ1n) is 11.3. The van der Waals surface area contributed by atoms with Crippen LogP contribution in [-0.4, -0.2) is 36.5 Å². The van der Waals surface area contributed by atoms with E-state index in [1.54, 1.807) is 0 Å². The SMILES string of the molecule is C=C/C(=C\C=C/C)C1CC(CCC)CCN1C(=O)[C@@H]1CNC[C@H]1c1ccccc1Br. The number of halogens is 1. The number of amides is 1. The third-order valence-corrected chi connectivity index (χ3v) is 7.35. The van der Waals surface area contributed by atoms with Crippen LogP contribution in [0.25, 0.3) is 0 Å². The summed E-state index contributed by atoms with van der Waals surface area (Å²) in [6.07, 6.45) is 12.7. The maximum Gasteiger partial charge on any atom is 0.228 e. The van der Waals surface area contributed by atoms with Gasteiger partial charge in [-0.1, -0.05) is 84.8 Å². The molecule has 2 saturated heterocycles. The standard InChI is InChI=1S/C26H35BrN2O/c1-4-7-11-20(6-3)25-16-19(10-5-2)14-15-29(25)26(30)23-18-28-17-22(23)21-12-8-9-13-24(21)27/h4,6-9,11-13,19,22-23,25,28H,3,5,10,14-18H2,1-2H3/b7-4-,20-11+/t19?,22-,23+,25?/m0/s1. The van der Waals surface area contributed by atoms with Crippen LogP contribution in [0.15, 0.2) is 65.2 Å². The van der Waals surface area contributed by atoms with Gasteiger partial charge in [-0.15, -0.1) is 0 Å². The Morgan fingerprint density at radius 2 is 2.13 bits per heavy atom. The van der Waals surface area contributed by atoms with Gasteiger partial charge in [-0.2, -0.15) is 0 Å². The zero-order valence-corrected chi connectivity index (χ0v) is 19.9. The van der Waals surface area contributed by atoms with Crippen LogP contribution in [-0.2, 0) is 4.79 Å². The lowest BCUT2D eigenvalue weighted by atomic mass is 9.82. The summed E-state index contributed by atoms with van der Waals surface area (Å²) in [4.78, 5) is 16.0. The molecular weight excluding hydrogens is 436 g/mol. The fraction of sp³-hybridized carbons (Fsp3) is 0.500. The van der Waals surface area contributed by atoms with Gasteiger partial charge in [0, 0.05) is 30.0 Å². The Hall–Kier alpha value is -1.65. The summed E-state index contributed by atoms with van der Waals surface area (Å²) in [5.74, 6) is 1.14. The smallest absolute Gasteiger partial charge is 0.228 e. The van der Waals surface area contributed by atoms with Crippen molar-refractivity contribution in [2.75, 3.05) is 19.6 Å². The molecule has 2 aliphatic heterocycles. The molecule has 0 aliphatic carbocycles. The summed E-state index contributed by atoms with van der Waals surface area (Å²) in [6.45, 7) is 10.8. The van der Waals surface area contributed by atoms with Crippen molar-refractivity contribution < 1.29 is 4.79 Å². The largest absolute Gasteiger partial charge is 0.335 e. The average Bonchev–Trinajstić information content (AvgIpc) is 3.24. The Morgan fingerprint density at radius 3 is 2.83 bits per heavy atom. The highest BCUT2D eigenvalue weighted by Crippen LogP contribution is 2.37. The van der Waals surface area contributed by atoms with Crippen LogP contribution < -0.4 is 5.32 Å². The normalized spacial score (nSPS) is 27.6. The summed E-state index contributed by atoms with van der Waals surface area (Å²) in [6, 6.07) is 8.44. The highest BCUT2D eigenvalue weighted by molar-refractivity contribution is 9.10. The first kappa shape index (κ1) is 23.0. The predicted octanol–water partition coefficient (Wildman–Crippen LogP) is 5.85. The molecule has 2 heterocycles. The average molecular weight is 471 g/mol. The van der Waals surface area contributed by atoms with Gasteiger partial charge in [-0.25, -0.2) is 0 Å². The number of nitrogens with zero attached hydrogens (tertiary/aromatic N) is 1. The topological polar surface area (TPSA) is 32.3 Å². The first-order chi connectivity index (χ1) is 14.6. The second kappa shape index (κ2) is 11.1. The minimum atomic E-state index is -0.0262. The van der Waals surface area contributed by atoms with Gasteiger partial charge < -0.3 is 10.2 Å². The van der Waals surface area contributed by atoms with Crippen molar-refractivity contribution >= 4 is 21.8 Å². The van der Waals surface area contributed by atoms with Crippen molar-refractivity contribution in [3.8, 4) is 0 Å². The van der Waals surface area contributed by atoms with E-state index in [2.05, 4.69) is 70.0 Å². The lowest BCUT2D eigenvalue weighted by Gasteiger charge is -2.42. The molecule has 0 bridgehead atoms. The molecular formula is C26H35BrN2O. The van der Waals surface area contributed by atoms with Gasteiger partial charge in [0.15, 0.2) is 0 Å². The van der Waals surface area contributed by atoms with Gasteiger partial charge in [0.25, 0.3) is 0 Å². The fourth-order valence-corrected chi connectivity index (χ4v) is 5.64. The third-order valence-electron chi connectivity index (χ3n) is 6.63. The number of piperidine rings is 1. The molecule has 0 saturated carbocycles. The van der Waals surface area contributed by atoms with E-state index in [-0.39, 0.29) is 23.8 Å². The van der Waals surface area contributed by atoms with Crippen LogP contribution in [0.4, 0.5) is 0 Å².